The third-order valence-electron chi connectivity index (χ3n) is 5.07. The quantitative estimate of drug-likeness (QED) is 0.177. The van der Waals surface area contributed by atoms with Crippen LogP contribution in [0.3, 0.4) is 0 Å². The zero-order chi connectivity index (χ0) is 24.2. The number of benzene rings is 2. The van der Waals surface area contributed by atoms with Crippen LogP contribution in [-0.4, -0.2) is 24.4 Å². The summed E-state index contributed by atoms with van der Waals surface area (Å²) in [6.45, 7) is 2.33. The molecule has 2 aromatic carbocycles. The first-order chi connectivity index (χ1) is 16.4. The molecule has 0 atom stereocenters. The summed E-state index contributed by atoms with van der Waals surface area (Å²) in [5.74, 6) is -0.779. The molecule has 9 heteroatoms. The van der Waals surface area contributed by atoms with Crippen LogP contribution < -0.4 is 10.4 Å². The van der Waals surface area contributed by atoms with Gasteiger partial charge in [0.1, 0.15) is 17.1 Å². The second kappa shape index (κ2) is 10.3. The molecule has 3 aromatic rings. The highest BCUT2D eigenvalue weighted by atomic mass is 79.9. The molecule has 0 bridgehead atoms. The summed E-state index contributed by atoms with van der Waals surface area (Å²) in [7, 11) is 0. The van der Waals surface area contributed by atoms with Gasteiger partial charge in [-0.3, -0.25) is 15.0 Å². The van der Waals surface area contributed by atoms with Gasteiger partial charge in [0, 0.05) is 10.0 Å². The second-order valence-electron chi connectivity index (χ2n) is 7.51. The summed E-state index contributed by atoms with van der Waals surface area (Å²) < 4.78 is 11.9. The fourth-order valence-corrected chi connectivity index (χ4v) is 3.89. The zero-order valence-electron chi connectivity index (χ0n) is 18.1. The number of unbranched alkanes of at least 4 members (excludes halogenated alkanes) is 1. The molecule has 2 heterocycles. The summed E-state index contributed by atoms with van der Waals surface area (Å²) in [6, 6.07) is 15.2. The highest BCUT2D eigenvalue weighted by molar-refractivity contribution is 9.10. The number of nitrogens with zero attached hydrogens (tertiary/aromatic N) is 1. The third kappa shape index (κ3) is 5.08. The first-order valence-electron chi connectivity index (χ1n) is 10.6. The van der Waals surface area contributed by atoms with Crippen LogP contribution in [0.1, 0.15) is 35.9 Å². The molecule has 0 spiro atoms. The molecule has 0 saturated carbocycles. The number of anilines is 1. The molecule has 1 saturated heterocycles. The van der Waals surface area contributed by atoms with E-state index in [9.17, 15) is 14.4 Å². The lowest BCUT2D eigenvalue weighted by molar-refractivity contribution is -0.117. The van der Waals surface area contributed by atoms with Crippen LogP contribution >= 0.6 is 27.5 Å². The van der Waals surface area contributed by atoms with Gasteiger partial charge in [0.15, 0.2) is 0 Å². The van der Waals surface area contributed by atoms with E-state index in [4.69, 9.17) is 20.8 Å². The fourth-order valence-electron chi connectivity index (χ4n) is 3.30. The molecule has 7 nitrogen and oxygen atoms in total. The van der Waals surface area contributed by atoms with E-state index in [-0.39, 0.29) is 16.2 Å². The van der Waals surface area contributed by atoms with Gasteiger partial charge in [0.2, 0.25) is 0 Å². The fraction of sp³-hybridized carbons (Fsp3) is 0.160. The summed E-state index contributed by atoms with van der Waals surface area (Å²) >= 11 is 9.54. The average molecular weight is 544 g/mol. The highest BCUT2D eigenvalue weighted by Crippen LogP contribution is 2.29. The van der Waals surface area contributed by atoms with Crippen LogP contribution in [0.4, 0.5) is 5.69 Å². The lowest BCUT2D eigenvalue weighted by Gasteiger charge is -2.14. The number of halogens is 2. The maximum atomic E-state index is 12.8. The maximum absolute atomic E-state index is 12.8. The van der Waals surface area contributed by atoms with Crippen LogP contribution in [0, 0.1) is 0 Å². The van der Waals surface area contributed by atoms with E-state index in [1.807, 2.05) is 13.0 Å². The van der Waals surface area contributed by atoms with Crippen molar-refractivity contribution in [3.05, 3.63) is 81.0 Å². The second-order valence-corrected chi connectivity index (χ2v) is 8.83. The topological polar surface area (TPSA) is 88.9 Å². The Hall–Kier alpha value is -3.36. The number of nitrogens with one attached hydrogen (secondary N) is 1. The van der Waals surface area contributed by atoms with Crippen molar-refractivity contribution in [1.82, 2.24) is 5.43 Å². The number of carbonyl (C=O) groups excluding carboxylic acids is 3. The third-order valence-corrected chi connectivity index (χ3v) is 5.90. The van der Waals surface area contributed by atoms with Gasteiger partial charge in [0.25, 0.3) is 11.8 Å². The Labute approximate surface area is 209 Å². The SMILES string of the molecule is CCCCOC(=O)c1cc(-c2ccc(C=C3C(=O)NN(c4cccc(Br)c4)C3=O)o2)ccc1Cl. The lowest BCUT2D eigenvalue weighted by Crippen LogP contribution is -2.35. The summed E-state index contributed by atoms with van der Waals surface area (Å²) in [6.07, 6.45) is 3.06. The number of hydrazine groups is 1. The van der Waals surface area contributed by atoms with Crippen molar-refractivity contribution in [3.8, 4) is 11.3 Å². The lowest BCUT2D eigenvalue weighted by atomic mass is 10.1. The van der Waals surface area contributed by atoms with E-state index < -0.39 is 17.8 Å². The molecule has 34 heavy (non-hydrogen) atoms. The van der Waals surface area contributed by atoms with Crippen molar-refractivity contribution >= 4 is 57.1 Å². The van der Waals surface area contributed by atoms with Gasteiger partial charge in [-0.1, -0.05) is 46.9 Å². The van der Waals surface area contributed by atoms with Gasteiger partial charge < -0.3 is 9.15 Å². The van der Waals surface area contributed by atoms with Crippen LogP contribution in [-0.2, 0) is 14.3 Å². The largest absolute Gasteiger partial charge is 0.462 e. The normalized spacial score (nSPS) is 14.6. The average Bonchev–Trinajstić information content (AvgIpc) is 3.40. The summed E-state index contributed by atoms with van der Waals surface area (Å²) in [5.41, 5.74) is 3.86. The molecule has 1 aliphatic rings. The number of hydrogen-bond donors (Lipinski definition) is 1. The van der Waals surface area contributed by atoms with Gasteiger partial charge in [-0.05, 0) is 61.0 Å². The Morgan fingerprint density at radius 3 is 2.76 bits per heavy atom. The first-order valence-corrected chi connectivity index (χ1v) is 11.7. The number of amides is 2. The predicted molar refractivity (Wildman–Crippen MR) is 132 cm³/mol. The highest BCUT2D eigenvalue weighted by Gasteiger charge is 2.34. The Morgan fingerprint density at radius 2 is 2.00 bits per heavy atom. The zero-order valence-corrected chi connectivity index (χ0v) is 20.5. The minimum Gasteiger partial charge on any atom is -0.462 e. The van der Waals surface area contributed by atoms with Crippen LogP contribution in [0.5, 0.6) is 0 Å². The molecule has 1 aliphatic heterocycles. The van der Waals surface area contributed by atoms with E-state index in [1.54, 1.807) is 48.5 Å². The van der Waals surface area contributed by atoms with Crippen molar-refractivity contribution in [2.24, 2.45) is 0 Å². The Bertz CT molecular complexity index is 1300. The molecule has 0 aliphatic carbocycles. The van der Waals surface area contributed by atoms with E-state index in [0.717, 1.165) is 17.3 Å². The van der Waals surface area contributed by atoms with Gasteiger partial charge in [0.05, 0.1) is 22.9 Å². The smallest absolute Gasteiger partial charge is 0.339 e. The Morgan fingerprint density at radius 1 is 1.18 bits per heavy atom. The molecular formula is C25H20BrClN2O5. The van der Waals surface area contributed by atoms with E-state index in [0.29, 0.717) is 29.4 Å². The van der Waals surface area contributed by atoms with Crippen molar-refractivity contribution in [3.63, 3.8) is 0 Å². The minimum atomic E-state index is -0.536. The monoisotopic (exact) mass is 542 g/mol. The number of carbonyl (C=O) groups is 3. The molecule has 1 aromatic heterocycles. The van der Waals surface area contributed by atoms with Crippen molar-refractivity contribution in [2.45, 2.75) is 19.8 Å². The minimum absolute atomic E-state index is 0.0582. The van der Waals surface area contributed by atoms with Gasteiger partial charge in [-0.15, -0.1) is 0 Å². The number of ether oxygens (including phenoxy) is 1. The van der Waals surface area contributed by atoms with Gasteiger partial charge in [-0.25, -0.2) is 9.80 Å². The molecule has 174 valence electrons. The standard InChI is InChI=1S/C25H20BrClN2O5/c1-2-3-11-33-25(32)19-12-15(7-9-21(19)27)22-10-8-18(34-22)14-20-23(30)28-29(24(20)31)17-6-4-5-16(26)13-17/h4-10,12-14H,2-3,11H2,1H3,(H,28,30). The molecule has 0 radical (unpaired) electrons. The van der Waals surface area contributed by atoms with Crippen LogP contribution in [0.15, 0.2) is 69.1 Å². The number of esters is 1. The number of rotatable bonds is 7. The van der Waals surface area contributed by atoms with Crippen molar-refractivity contribution in [2.75, 3.05) is 11.6 Å². The molecular weight excluding hydrogens is 524 g/mol. The molecule has 4 rings (SSSR count). The molecule has 1 fully saturated rings. The van der Waals surface area contributed by atoms with E-state index in [2.05, 4.69) is 21.4 Å². The molecule has 1 N–H and O–H groups in total. The van der Waals surface area contributed by atoms with Crippen molar-refractivity contribution in [1.29, 1.82) is 0 Å². The Balaban J connectivity index is 1.56. The molecule has 0 unspecified atom stereocenters. The number of furan rings is 1. The number of hydrogen-bond acceptors (Lipinski definition) is 5. The van der Waals surface area contributed by atoms with E-state index >= 15 is 0 Å². The maximum Gasteiger partial charge on any atom is 0.339 e. The van der Waals surface area contributed by atoms with Crippen LogP contribution in [0.25, 0.3) is 17.4 Å². The summed E-state index contributed by atoms with van der Waals surface area (Å²) in [4.78, 5) is 37.6. The van der Waals surface area contributed by atoms with Gasteiger partial charge >= 0.3 is 5.97 Å². The predicted octanol–water partition coefficient (Wildman–Crippen LogP) is 5.78. The first kappa shape index (κ1) is 23.8. The van der Waals surface area contributed by atoms with Crippen LogP contribution in [0.2, 0.25) is 5.02 Å². The van der Waals surface area contributed by atoms with Crippen molar-refractivity contribution < 1.29 is 23.5 Å². The van der Waals surface area contributed by atoms with Gasteiger partial charge in [-0.2, -0.15) is 0 Å². The Kier molecular flexibility index (Phi) is 7.19. The molecule has 2 amide bonds. The summed E-state index contributed by atoms with van der Waals surface area (Å²) in [5, 5.41) is 1.46. The van der Waals surface area contributed by atoms with E-state index in [1.165, 1.54) is 11.1 Å².